The van der Waals surface area contributed by atoms with Crippen LogP contribution in [0.5, 0.6) is 5.75 Å². The van der Waals surface area contributed by atoms with Gasteiger partial charge in [-0.15, -0.1) is 11.3 Å². The molecular formula is C51H55F3N8O8S2. The van der Waals surface area contributed by atoms with Gasteiger partial charge in [-0.1, -0.05) is 57.2 Å². The Balaban J connectivity index is 0.822. The van der Waals surface area contributed by atoms with E-state index in [1.165, 1.54) is 11.1 Å². The minimum Gasteiger partial charge on any atom is -0.494 e. The highest BCUT2D eigenvalue weighted by atomic mass is 32.2. The van der Waals surface area contributed by atoms with Crippen LogP contribution in [0.1, 0.15) is 80.1 Å². The second kappa shape index (κ2) is 21.6. The second-order valence-electron chi connectivity index (χ2n) is 19.1. The topological polar surface area (TPSA) is 216 Å². The van der Waals surface area contributed by atoms with Crippen molar-refractivity contribution in [2.45, 2.75) is 90.7 Å². The van der Waals surface area contributed by atoms with Gasteiger partial charge < -0.3 is 30.4 Å². The molecule has 0 spiro atoms. The van der Waals surface area contributed by atoms with E-state index < -0.39 is 87.0 Å². The average Bonchev–Trinajstić information content (AvgIpc) is 4.18. The number of pyridine rings is 1. The number of unbranched alkanes of at least 4 members (excludes halogenated alkanes) is 1. The average molecular weight is 1030 g/mol. The van der Waals surface area contributed by atoms with E-state index in [9.17, 15) is 37.1 Å². The number of carbonyl (C=O) groups excluding carboxylic acids is 4. The Labute approximate surface area is 418 Å². The first-order chi connectivity index (χ1) is 34.3. The molecular weight excluding hydrogens is 974 g/mol. The van der Waals surface area contributed by atoms with E-state index in [4.69, 9.17) is 4.74 Å². The fourth-order valence-corrected chi connectivity index (χ4v) is 10.8. The molecule has 2 aliphatic rings. The normalized spacial score (nSPS) is 17.8. The van der Waals surface area contributed by atoms with Gasteiger partial charge in [0.05, 0.1) is 40.0 Å². The molecule has 2 aliphatic heterocycles. The molecule has 16 nitrogen and oxygen atoms in total. The van der Waals surface area contributed by atoms with Crippen molar-refractivity contribution in [3.05, 3.63) is 119 Å². The molecule has 2 saturated heterocycles. The number of aliphatic hydroxyl groups excluding tert-OH is 1. The van der Waals surface area contributed by atoms with Gasteiger partial charge >= 0.3 is 10.2 Å². The highest BCUT2D eigenvalue weighted by molar-refractivity contribution is 7.90. The third kappa shape index (κ3) is 11.6. The van der Waals surface area contributed by atoms with Gasteiger partial charge in [0, 0.05) is 67.9 Å². The highest BCUT2D eigenvalue weighted by Gasteiger charge is 2.44. The van der Waals surface area contributed by atoms with Gasteiger partial charge in [-0.2, -0.15) is 12.7 Å². The van der Waals surface area contributed by atoms with Crippen LogP contribution in [0.15, 0.2) is 84.6 Å². The zero-order valence-corrected chi connectivity index (χ0v) is 41.6. The van der Waals surface area contributed by atoms with Gasteiger partial charge in [-0.05, 0) is 78.6 Å². The van der Waals surface area contributed by atoms with Crippen LogP contribution in [0.4, 0.5) is 18.9 Å². The monoisotopic (exact) mass is 1030 g/mol. The molecule has 0 unspecified atom stereocenters. The molecule has 2 fully saturated rings. The SMILES string of the molecule is Cc1ncsc1-c1ccc(CNC(=O)[C@@H]2C[C@@H](O)CN2C(=O)[C@@H](NC(=O)CCCCOc2ccc(-c3cnc4[nH]cc(C(=O)c5c(F)ccc(NS(=O)(=O)N6CC[C@@H](F)C6)c5F)c4c3)cc2)C(C)(C)C)cc1. The smallest absolute Gasteiger partial charge is 0.301 e. The molecule has 4 atom stereocenters. The number of aromatic amines is 1. The predicted molar refractivity (Wildman–Crippen MR) is 266 cm³/mol. The number of ether oxygens (including phenoxy) is 1. The Bertz CT molecular complexity index is 3090. The Morgan fingerprint density at radius 1 is 0.972 bits per heavy atom. The van der Waals surface area contributed by atoms with Crippen molar-refractivity contribution in [1.82, 2.24) is 34.8 Å². The molecule has 5 N–H and O–H groups in total. The van der Waals surface area contributed by atoms with Crippen molar-refractivity contribution >= 4 is 61.8 Å². The van der Waals surface area contributed by atoms with Crippen molar-refractivity contribution < 1.29 is 50.6 Å². The van der Waals surface area contributed by atoms with E-state index in [2.05, 4.69) is 25.6 Å². The third-order valence-electron chi connectivity index (χ3n) is 12.7. The standard InChI is InChI=1S/C51H55F3N8O8S2/c1-29-46(71-28-58-29)32-10-8-30(9-11-32)23-57-49(66)41-22-35(63)27-62(41)50(67)47(51(2,3)4)59-42(64)7-5-6-20-70-36-14-12-31(13-15-36)33-21-37-38(25-56-48(37)55-24-33)45(65)43-39(53)16-17-40(44(43)54)60-72(68,69)61-19-18-34(52)26-61/h8-17,21,24-25,28,34-35,41,47,60,63H,5-7,18-20,22-23,26-27H2,1-4H3,(H,55,56)(H,57,66)(H,59,64)/t34-,35-,41+,47-/m1/s1. The van der Waals surface area contributed by atoms with Gasteiger partial charge in [0.25, 0.3) is 0 Å². The van der Waals surface area contributed by atoms with Gasteiger partial charge in [-0.3, -0.25) is 23.9 Å². The quantitative estimate of drug-likeness (QED) is 0.0430. The number of alkyl halides is 1. The predicted octanol–water partition coefficient (Wildman–Crippen LogP) is 7.23. The maximum Gasteiger partial charge on any atom is 0.301 e. The summed E-state index contributed by atoms with van der Waals surface area (Å²) in [4.78, 5) is 68.5. The lowest BCUT2D eigenvalue weighted by Gasteiger charge is -2.35. The molecule has 3 aromatic heterocycles. The van der Waals surface area contributed by atoms with Crippen LogP contribution in [0, 0.1) is 24.0 Å². The summed E-state index contributed by atoms with van der Waals surface area (Å²) in [6.07, 6.45) is 1.67. The first-order valence-electron chi connectivity index (χ1n) is 23.5. The van der Waals surface area contributed by atoms with Crippen molar-refractivity contribution in [1.29, 1.82) is 0 Å². The van der Waals surface area contributed by atoms with Crippen molar-refractivity contribution in [3.8, 4) is 27.3 Å². The summed E-state index contributed by atoms with van der Waals surface area (Å²) >= 11 is 1.56. The number of aromatic nitrogens is 3. The molecule has 3 aromatic carbocycles. The van der Waals surface area contributed by atoms with Crippen LogP contribution in [-0.2, 0) is 31.1 Å². The van der Waals surface area contributed by atoms with Crippen LogP contribution in [0.2, 0.25) is 0 Å². The molecule has 380 valence electrons. The Kier molecular flexibility index (Phi) is 15.5. The third-order valence-corrected chi connectivity index (χ3v) is 15.2. The van der Waals surface area contributed by atoms with Crippen LogP contribution in [0.25, 0.3) is 32.6 Å². The summed E-state index contributed by atoms with van der Waals surface area (Å²) in [5.74, 6) is -4.33. The molecule has 6 aromatic rings. The molecule has 0 aliphatic carbocycles. The lowest BCUT2D eigenvalue weighted by atomic mass is 9.85. The number of rotatable bonds is 18. The number of halogens is 3. The van der Waals surface area contributed by atoms with Crippen LogP contribution in [0.3, 0.4) is 0 Å². The van der Waals surface area contributed by atoms with Crippen molar-refractivity contribution in [2.75, 3.05) is 31.0 Å². The lowest BCUT2D eigenvalue weighted by molar-refractivity contribution is -0.144. The van der Waals surface area contributed by atoms with Gasteiger partial charge in [0.15, 0.2) is 5.82 Å². The lowest BCUT2D eigenvalue weighted by Crippen LogP contribution is -2.57. The number of H-pyrrole nitrogens is 1. The molecule has 0 saturated carbocycles. The van der Waals surface area contributed by atoms with E-state index in [-0.39, 0.29) is 68.0 Å². The fraction of sp³-hybridized carbons (Fsp3) is 0.373. The Hall–Kier alpha value is -6.68. The van der Waals surface area contributed by atoms with E-state index in [1.807, 2.05) is 56.7 Å². The molecule has 8 rings (SSSR count). The maximum atomic E-state index is 15.7. The minimum atomic E-state index is -4.39. The number of β-amino-alcohol motifs (C(OH)–C–C–N with tert-alkyl or cyclic N) is 1. The number of fused-ring (bicyclic) bond motifs is 1. The Morgan fingerprint density at radius 3 is 2.39 bits per heavy atom. The molecule has 0 bridgehead atoms. The van der Waals surface area contributed by atoms with Crippen molar-refractivity contribution in [2.24, 2.45) is 5.41 Å². The fourth-order valence-electron chi connectivity index (χ4n) is 8.77. The summed E-state index contributed by atoms with van der Waals surface area (Å²) < 4.78 is 78.9. The second-order valence-corrected chi connectivity index (χ2v) is 21.6. The number of nitrogens with one attached hydrogen (secondary N) is 4. The van der Waals surface area contributed by atoms with Gasteiger partial charge in [-0.25, -0.2) is 23.1 Å². The number of hydrogen-bond donors (Lipinski definition) is 5. The molecule has 3 amide bonds. The molecule has 5 heterocycles. The summed E-state index contributed by atoms with van der Waals surface area (Å²) in [6, 6.07) is 16.2. The number of aryl methyl sites for hydroxylation is 1. The summed E-state index contributed by atoms with van der Waals surface area (Å²) in [7, 11) is -4.39. The molecule has 0 radical (unpaired) electrons. The zero-order chi connectivity index (χ0) is 51.5. The van der Waals surface area contributed by atoms with E-state index in [0.717, 1.165) is 38.1 Å². The number of thiazole rings is 1. The number of ketones is 1. The zero-order valence-electron chi connectivity index (χ0n) is 40.0. The number of likely N-dealkylation sites (tertiary alicyclic amines) is 1. The summed E-state index contributed by atoms with van der Waals surface area (Å²) in [5.41, 5.74) is 3.69. The van der Waals surface area contributed by atoms with E-state index >= 15 is 8.78 Å². The molecule has 72 heavy (non-hydrogen) atoms. The first kappa shape index (κ1) is 51.7. The van der Waals surface area contributed by atoms with Crippen LogP contribution < -0.4 is 20.1 Å². The number of carbonyl (C=O) groups is 4. The number of benzene rings is 3. The number of aliphatic hydroxyl groups is 1. The minimum absolute atomic E-state index is 0.0189. The first-order valence-corrected chi connectivity index (χ1v) is 25.8. The van der Waals surface area contributed by atoms with Crippen LogP contribution >= 0.6 is 11.3 Å². The van der Waals surface area contributed by atoms with E-state index in [1.54, 1.807) is 53.4 Å². The highest BCUT2D eigenvalue weighted by Crippen LogP contribution is 2.32. The number of anilines is 1. The Morgan fingerprint density at radius 2 is 1.71 bits per heavy atom. The number of amides is 3. The van der Waals surface area contributed by atoms with Gasteiger partial charge in [0.1, 0.15) is 35.5 Å². The van der Waals surface area contributed by atoms with Gasteiger partial charge in [0.2, 0.25) is 23.5 Å². The summed E-state index contributed by atoms with van der Waals surface area (Å²) in [5, 5.41) is 16.7. The van der Waals surface area contributed by atoms with Crippen LogP contribution in [-0.4, -0.2) is 112 Å². The summed E-state index contributed by atoms with van der Waals surface area (Å²) in [6.45, 7) is 7.37. The number of nitrogens with zero attached hydrogens (tertiary/aromatic N) is 4. The van der Waals surface area contributed by atoms with E-state index in [0.29, 0.717) is 29.7 Å². The van der Waals surface area contributed by atoms with Crippen molar-refractivity contribution in [3.63, 3.8) is 0 Å². The largest absolute Gasteiger partial charge is 0.494 e. The molecule has 21 heteroatoms. The number of hydrogen-bond acceptors (Lipinski definition) is 11. The maximum absolute atomic E-state index is 15.7.